The summed E-state index contributed by atoms with van der Waals surface area (Å²) in [6.45, 7) is 5.23. The van der Waals surface area contributed by atoms with Crippen molar-refractivity contribution < 1.29 is 46.8 Å². The van der Waals surface area contributed by atoms with Crippen LogP contribution in [0.4, 0.5) is 24.0 Å². The Kier molecular flexibility index (Phi) is 10.1. The minimum Gasteiger partial charge on any atom is -0.460 e. The molecular formula is C25H23F3N6O8S3. The molecule has 240 valence electrons. The van der Waals surface area contributed by atoms with Crippen LogP contribution in [0.1, 0.15) is 18.2 Å². The quantitative estimate of drug-likeness (QED) is 0.116. The van der Waals surface area contributed by atoms with Crippen molar-refractivity contribution in [3.8, 4) is 0 Å². The van der Waals surface area contributed by atoms with E-state index in [0.717, 1.165) is 18.9 Å². The van der Waals surface area contributed by atoms with Crippen LogP contribution in [0.3, 0.4) is 0 Å². The van der Waals surface area contributed by atoms with Crippen molar-refractivity contribution in [3.05, 3.63) is 63.0 Å². The number of non-ortho nitro benzene ring substituents is 1. The van der Waals surface area contributed by atoms with E-state index in [0.29, 0.717) is 16.9 Å². The first-order valence-corrected chi connectivity index (χ1v) is 15.3. The zero-order chi connectivity index (χ0) is 33.1. The van der Waals surface area contributed by atoms with Crippen molar-refractivity contribution in [2.75, 3.05) is 19.0 Å². The number of esters is 1. The first-order chi connectivity index (χ1) is 21.2. The number of nitro benzene ring substituents is 1. The van der Waals surface area contributed by atoms with E-state index in [4.69, 9.17) is 9.57 Å². The van der Waals surface area contributed by atoms with Crippen LogP contribution >= 0.6 is 34.9 Å². The molecule has 1 aromatic carbocycles. The molecule has 2 aliphatic heterocycles. The standard InChI is InChI=1S/C25H23F3N6O8S3/c1-4-44-24(22(38)42-9-13-5-7-14(8-6-13)34(39)40)11-33-19(36)17(20(33)45-12(24)2)30-18(35)16(32-41-3)15-10-43-23(29-15)31-21(37)25(26,27)28/h4-8,10,12,17,20H,1,9,11H2,2-3H3,(H,30,35)(H,29,31,37)/t12?,17?,20-,24?/m1/s1. The maximum absolute atomic E-state index is 13.4. The van der Waals surface area contributed by atoms with Gasteiger partial charge in [-0.15, -0.1) is 34.9 Å². The molecule has 2 aromatic rings. The van der Waals surface area contributed by atoms with Gasteiger partial charge in [-0.2, -0.15) is 13.2 Å². The number of anilines is 1. The number of hydrogen-bond acceptors (Lipinski definition) is 13. The van der Waals surface area contributed by atoms with Gasteiger partial charge in [0, 0.05) is 29.3 Å². The Morgan fingerprint density at radius 1 is 1.33 bits per heavy atom. The van der Waals surface area contributed by atoms with E-state index in [9.17, 15) is 42.5 Å². The predicted octanol–water partition coefficient (Wildman–Crippen LogP) is 3.05. The fraction of sp³-hybridized carbons (Fsp3) is 0.360. The number of nitrogens with one attached hydrogen (secondary N) is 2. The van der Waals surface area contributed by atoms with Crippen molar-refractivity contribution in [1.82, 2.24) is 15.2 Å². The van der Waals surface area contributed by atoms with Crippen LogP contribution in [0.15, 0.2) is 46.8 Å². The van der Waals surface area contributed by atoms with E-state index in [2.05, 4.69) is 22.0 Å². The number of fused-ring (bicyclic) bond motifs is 1. The number of halogens is 3. The fourth-order valence-electron chi connectivity index (χ4n) is 4.34. The second kappa shape index (κ2) is 13.4. The van der Waals surface area contributed by atoms with Crippen LogP contribution < -0.4 is 10.6 Å². The summed E-state index contributed by atoms with van der Waals surface area (Å²) in [6.07, 6.45) is -5.15. The van der Waals surface area contributed by atoms with Gasteiger partial charge in [0.05, 0.1) is 4.92 Å². The molecule has 0 bridgehead atoms. The highest BCUT2D eigenvalue weighted by Crippen LogP contribution is 2.49. The summed E-state index contributed by atoms with van der Waals surface area (Å²) in [5.41, 5.74) is -0.251. The largest absolute Gasteiger partial charge is 0.471 e. The van der Waals surface area contributed by atoms with E-state index < -0.39 is 67.0 Å². The van der Waals surface area contributed by atoms with Crippen LogP contribution in [0.2, 0.25) is 0 Å². The molecule has 45 heavy (non-hydrogen) atoms. The number of thiazole rings is 1. The molecule has 2 aliphatic rings. The van der Waals surface area contributed by atoms with Gasteiger partial charge in [-0.1, -0.05) is 18.7 Å². The summed E-state index contributed by atoms with van der Waals surface area (Å²) in [6, 6.07) is 4.46. The van der Waals surface area contributed by atoms with Gasteiger partial charge in [0.15, 0.2) is 10.8 Å². The maximum atomic E-state index is 13.4. The Bertz CT molecular complexity index is 1550. The fourth-order valence-corrected chi connectivity index (χ4v) is 7.69. The van der Waals surface area contributed by atoms with Gasteiger partial charge >= 0.3 is 18.1 Å². The summed E-state index contributed by atoms with van der Waals surface area (Å²) >= 11 is 2.93. The molecule has 3 heterocycles. The summed E-state index contributed by atoms with van der Waals surface area (Å²) < 4.78 is 42.1. The van der Waals surface area contributed by atoms with Gasteiger partial charge in [0.25, 0.3) is 11.6 Å². The Morgan fingerprint density at radius 3 is 2.62 bits per heavy atom. The molecule has 3 amide bonds. The third-order valence-corrected chi connectivity index (χ3v) is 10.4. The van der Waals surface area contributed by atoms with Gasteiger partial charge in [0.2, 0.25) is 5.91 Å². The second-order valence-electron chi connectivity index (χ2n) is 9.37. The normalized spacial score (nSPS) is 22.9. The van der Waals surface area contributed by atoms with Gasteiger partial charge in [0.1, 0.15) is 35.6 Å². The first-order valence-electron chi connectivity index (χ1n) is 12.6. The monoisotopic (exact) mass is 688 g/mol. The molecular weight excluding hydrogens is 666 g/mol. The lowest BCUT2D eigenvalue weighted by Gasteiger charge is -2.55. The van der Waals surface area contributed by atoms with Crippen LogP contribution in [0, 0.1) is 10.1 Å². The molecule has 2 N–H and O–H groups in total. The summed E-state index contributed by atoms with van der Waals surface area (Å²) in [4.78, 5) is 71.1. The molecule has 1 aromatic heterocycles. The molecule has 20 heteroatoms. The molecule has 0 spiro atoms. The van der Waals surface area contributed by atoms with Crippen molar-refractivity contribution in [2.45, 2.75) is 41.1 Å². The predicted molar refractivity (Wildman–Crippen MR) is 158 cm³/mol. The topological polar surface area (TPSA) is 182 Å². The summed E-state index contributed by atoms with van der Waals surface area (Å²) in [5, 5.41) is 19.8. The lowest BCUT2D eigenvalue weighted by Crippen LogP contribution is -2.76. The third kappa shape index (κ3) is 7.06. The average molecular weight is 689 g/mol. The Labute approximate surface area is 264 Å². The number of β-lactam (4-membered cyclic amide) rings is 1. The number of amides is 3. The molecule has 0 radical (unpaired) electrons. The van der Waals surface area contributed by atoms with Crippen molar-refractivity contribution in [2.24, 2.45) is 5.16 Å². The van der Waals surface area contributed by atoms with E-state index in [1.54, 1.807) is 12.2 Å². The smallest absolute Gasteiger partial charge is 0.460 e. The van der Waals surface area contributed by atoms with E-state index in [1.165, 1.54) is 51.7 Å². The van der Waals surface area contributed by atoms with Crippen molar-refractivity contribution in [1.29, 1.82) is 0 Å². The number of hydrogen-bond donors (Lipinski definition) is 2. The lowest BCUT2D eigenvalue weighted by atomic mass is 9.98. The zero-order valence-electron chi connectivity index (χ0n) is 23.2. The number of nitrogens with zero attached hydrogens (tertiary/aromatic N) is 4. The number of thioether (sulfide) groups is 2. The highest BCUT2D eigenvalue weighted by Gasteiger charge is 2.61. The highest BCUT2D eigenvalue weighted by molar-refractivity contribution is 8.07. The molecule has 3 unspecified atom stereocenters. The molecule has 0 aliphatic carbocycles. The number of alkyl halides is 3. The van der Waals surface area contributed by atoms with Gasteiger partial charge in [-0.25, -0.2) is 4.98 Å². The third-order valence-electron chi connectivity index (χ3n) is 6.61. The van der Waals surface area contributed by atoms with Gasteiger partial charge < -0.3 is 19.8 Å². The summed E-state index contributed by atoms with van der Waals surface area (Å²) in [7, 11) is 1.12. The average Bonchev–Trinajstić information content (AvgIpc) is 3.45. The minimum absolute atomic E-state index is 0.0693. The Morgan fingerprint density at radius 2 is 2.02 bits per heavy atom. The van der Waals surface area contributed by atoms with Gasteiger partial charge in [-0.3, -0.25) is 34.6 Å². The molecule has 4 rings (SSSR count). The number of nitro groups is 1. The SMILES string of the molecule is C=CSC1(C(=O)OCc2ccc([N+](=O)[O-])cc2)CN2C(=O)C(NC(=O)C(=NOC)c3csc(NC(=O)C(F)(F)F)n3)[C@H]2SC1C. The highest BCUT2D eigenvalue weighted by atomic mass is 32.2. The minimum atomic E-state index is -5.15. The molecule has 2 saturated heterocycles. The number of rotatable bonds is 11. The molecule has 0 saturated carbocycles. The molecule has 14 nitrogen and oxygen atoms in total. The van der Waals surface area contributed by atoms with Crippen LogP contribution in [-0.4, -0.2) is 85.5 Å². The number of benzene rings is 1. The number of carbonyl (C=O) groups is 4. The summed E-state index contributed by atoms with van der Waals surface area (Å²) in [5.74, 6) is -4.31. The number of carbonyl (C=O) groups excluding carboxylic acids is 4. The first kappa shape index (κ1) is 33.7. The number of aromatic nitrogens is 1. The van der Waals surface area contributed by atoms with E-state index in [-0.39, 0.29) is 24.5 Å². The number of oxime groups is 1. The molecule has 2 fully saturated rings. The van der Waals surface area contributed by atoms with Crippen molar-refractivity contribution in [3.63, 3.8) is 0 Å². The van der Waals surface area contributed by atoms with Crippen LogP contribution in [0.25, 0.3) is 0 Å². The van der Waals surface area contributed by atoms with Crippen LogP contribution in [0.5, 0.6) is 0 Å². The lowest BCUT2D eigenvalue weighted by molar-refractivity contribution is -0.384. The maximum Gasteiger partial charge on any atom is 0.471 e. The number of ether oxygens (including phenoxy) is 1. The molecule has 4 atom stereocenters. The van der Waals surface area contributed by atoms with Crippen LogP contribution in [-0.2, 0) is 35.4 Å². The van der Waals surface area contributed by atoms with E-state index >= 15 is 0 Å². The van der Waals surface area contributed by atoms with E-state index in [1.807, 2.05) is 0 Å². The Balaban J connectivity index is 1.43. The second-order valence-corrected chi connectivity index (χ2v) is 13.0. The van der Waals surface area contributed by atoms with Gasteiger partial charge in [-0.05, 0) is 23.1 Å². The van der Waals surface area contributed by atoms with Crippen molar-refractivity contribution >= 4 is 75.1 Å². The Hall–Kier alpha value is -4.17. The zero-order valence-corrected chi connectivity index (χ0v) is 25.7.